The highest BCUT2D eigenvalue weighted by molar-refractivity contribution is 5.74. The van der Waals surface area contributed by atoms with Crippen molar-refractivity contribution in [1.82, 2.24) is 19.9 Å². The van der Waals surface area contributed by atoms with Crippen molar-refractivity contribution < 1.29 is 14.1 Å². The Balaban J connectivity index is 1.65. The number of nitrogens with zero attached hydrogens (tertiary/aromatic N) is 4. The van der Waals surface area contributed by atoms with Crippen LogP contribution in [0.15, 0.2) is 28.8 Å². The lowest BCUT2D eigenvalue weighted by Crippen LogP contribution is -2.46. The van der Waals surface area contributed by atoms with Crippen LogP contribution in [-0.4, -0.2) is 59.3 Å². The van der Waals surface area contributed by atoms with Gasteiger partial charge in [0.05, 0.1) is 13.2 Å². The summed E-state index contributed by atoms with van der Waals surface area (Å²) >= 11 is 0. The number of hydrogen-bond acceptors (Lipinski definition) is 5. The highest BCUT2D eigenvalue weighted by Gasteiger charge is 2.22. The van der Waals surface area contributed by atoms with Crippen LogP contribution in [0.5, 0.6) is 0 Å². The van der Waals surface area contributed by atoms with E-state index in [2.05, 4.69) is 10.1 Å². The molecular weight excluding hydrogens is 296 g/mol. The van der Waals surface area contributed by atoms with Crippen LogP contribution in [0.4, 0.5) is 4.79 Å². The predicted molar refractivity (Wildman–Crippen MR) is 83.7 cm³/mol. The molecule has 0 aliphatic carbocycles. The predicted octanol–water partition coefficient (Wildman–Crippen LogP) is 1.93. The molecular formula is C16H20N4O3. The Kier molecular flexibility index (Phi) is 4.57. The molecule has 1 saturated heterocycles. The molecule has 0 unspecified atom stereocenters. The molecule has 7 heteroatoms. The number of aromatic nitrogens is 2. The van der Waals surface area contributed by atoms with Gasteiger partial charge in [-0.15, -0.1) is 0 Å². The largest absolute Gasteiger partial charge is 0.378 e. The van der Waals surface area contributed by atoms with E-state index in [9.17, 15) is 4.79 Å². The zero-order valence-corrected chi connectivity index (χ0v) is 13.4. The topological polar surface area (TPSA) is 71.7 Å². The first kappa shape index (κ1) is 15.5. The number of urea groups is 1. The van der Waals surface area contributed by atoms with Crippen LogP contribution in [0.25, 0.3) is 11.4 Å². The molecule has 1 fully saturated rings. The second-order valence-corrected chi connectivity index (χ2v) is 5.62. The second kappa shape index (κ2) is 6.78. The summed E-state index contributed by atoms with van der Waals surface area (Å²) in [5.74, 6) is 0.960. The minimum atomic E-state index is -0.0522. The minimum absolute atomic E-state index is 0.0522. The number of amides is 2. The summed E-state index contributed by atoms with van der Waals surface area (Å²) in [4.78, 5) is 20.1. The Morgan fingerprint density at radius 3 is 2.87 bits per heavy atom. The number of carbonyl (C=O) groups excluding carboxylic acids is 1. The van der Waals surface area contributed by atoms with Gasteiger partial charge in [0, 0.05) is 25.7 Å². The molecule has 0 bridgehead atoms. The Hall–Kier alpha value is -2.41. The van der Waals surface area contributed by atoms with Crippen LogP contribution in [0.1, 0.15) is 11.5 Å². The van der Waals surface area contributed by atoms with E-state index in [1.54, 1.807) is 16.8 Å². The SMILES string of the molecule is Cc1cccc(-c2noc(CN(C)C(=O)N3CCOCC3)n2)c1. The number of morpholine rings is 1. The molecule has 1 aliphatic rings. The van der Waals surface area contributed by atoms with E-state index in [0.29, 0.717) is 38.0 Å². The molecule has 0 saturated carbocycles. The van der Waals surface area contributed by atoms with E-state index < -0.39 is 0 Å². The maximum Gasteiger partial charge on any atom is 0.320 e. The summed E-state index contributed by atoms with van der Waals surface area (Å²) in [5, 5.41) is 3.99. The second-order valence-electron chi connectivity index (χ2n) is 5.62. The third-order valence-electron chi connectivity index (χ3n) is 3.72. The lowest BCUT2D eigenvalue weighted by molar-refractivity contribution is 0.0441. The molecule has 0 N–H and O–H groups in total. The minimum Gasteiger partial charge on any atom is -0.378 e. The third kappa shape index (κ3) is 3.68. The van der Waals surface area contributed by atoms with E-state index in [1.165, 1.54) is 0 Å². The van der Waals surface area contributed by atoms with Crippen LogP contribution in [-0.2, 0) is 11.3 Å². The number of rotatable bonds is 3. The van der Waals surface area contributed by atoms with Gasteiger partial charge in [0.15, 0.2) is 0 Å². The zero-order chi connectivity index (χ0) is 16.2. The molecule has 1 aliphatic heterocycles. The van der Waals surface area contributed by atoms with Gasteiger partial charge in [-0.25, -0.2) is 4.79 Å². The fourth-order valence-corrected chi connectivity index (χ4v) is 2.49. The van der Waals surface area contributed by atoms with E-state index in [-0.39, 0.29) is 12.6 Å². The average molecular weight is 316 g/mol. The first-order valence-electron chi connectivity index (χ1n) is 7.61. The molecule has 1 aromatic carbocycles. The van der Waals surface area contributed by atoms with Gasteiger partial charge < -0.3 is 19.1 Å². The number of aryl methyl sites for hydroxylation is 1. The number of hydrogen-bond donors (Lipinski definition) is 0. The van der Waals surface area contributed by atoms with Crippen LogP contribution in [0.2, 0.25) is 0 Å². The highest BCUT2D eigenvalue weighted by Crippen LogP contribution is 2.17. The summed E-state index contributed by atoms with van der Waals surface area (Å²) in [7, 11) is 1.73. The van der Waals surface area contributed by atoms with Crippen LogP contribution in [0.3, 0.4) is 0 Å². The first-order valence-corrected chi connectivity index (χ1v) is 7.61. The van der Waals surface area contributed by atoms with Gasteiger partial charge in [0.2, 0.25) is 11.7 Å². The van der Waals surface area contributed by atoms with Gasteiger partial charge >= 0.3 is 6.03 Å². The lowest BCUT2D eigenvalue weighted by Gasteiger charge is -2.30. The third-order valence-corrected chi connectivity index (χ3v) is 3.72. The van der Waals surface area contributed by atoms with Crippen LogP contribution in [0, 0.1) is 6.92 Å². The van der Waals surface area contributed by atoms with Crippen molar-refractivity contribution >= 4 is 6.03 Å². The maximum atomic E-state index is 12.3. The van der Waals surface area contributed by atoms with Gasteiger partial charge in [0.1, 0.15) is 6.54 Å². The van der Waals surface area contributed by atoms with E-state index >= 15 is 0 Å². The van der Waals surface area contributed by atoms with E-state index in [0.717, 1.165) is 11.1 Å². The lowest BCUT2D eigenvalue weighted by atomic mass is 10.1. The van der Waals surface area contributed by atoms with Gasteiger partial charge in [-0.3, -0.25) is 0 Å². The molecule has 3 rings (SSSR count). The smallest absolute Gasteiger partial charge is 0.320 e. The fourth-order valence-electron chi connectivity index (χ4n) is 2.49. The molecule has 23 heavy (non-hydrogen) atoms. The molecule has 122 valence electrons. The van der Waals surface area contributed by atoms with E-state index in [1.807, 2.05) is 31.2 Å². The quantitative estimate of drug-likeness (QED) is 0.865. The summed E-state index contributed by atoms with van der Waals surface area (Å²) in [6.45, 7) is 4.69. The Morgan fingerprint density at radius 1 is 1.35 bits per heavy atom. The highest BCUT2D eigenvalue weighted by atomic mass is 16.5. The van der Waals surface area contributed by atoms with Crippen LogP contribution >= 0.6 is 0 Å². The molecule has 2 aromatic rings. The van der Waals surface area contributed by atoms with Gasteiger partial charge in [-0.2, -0.15) is 4.98 Å². The van der Waals surface area contributed by atoms with Gasteiger partial charge in [0.25, 0.3) is 0 Å². The number of ether oxygens (including phenoxy) is 1. The first-order chi connectivity index (χ1) is 11.1. The van der Waals surface area contributed by atoms with Crippen molar-refractivity contribution in [3.63, 3.8) is 0 Å². The fraction of sp³-hybridized carbons (Fsp3) is 0.438. The van der Waals surface area contributed by atoms with Gasteiger partial charge in [-0.1, -0.05) is 28.9 Å². The maximum absolute atomic E-state index is 12.3. The van der Waals surface area contributed by atoms with Crippen molar-refractivity contribution in [3.8, 4) is 11.4 Å². The number of benzene rings is 1. The van der Waals surface area contributed by atoms with Crippen LogP contribution < -0.4 is 0 Å². The Morgan fingerprint density at radius 2 is 2.13 bits per heavy atom. The Bertz CT molecular complexity index is 679. The van der Waals surface area contributed by atoms with E-state index in [4.69, 9.17) is 9.26 Å². The number of carbonyl (C=O) groups is 1. The van der Waals surface area contributed by atoms with Crippen molar-refractivity contribution in [3.05, 3.63) is 35.7 Å². The Labute approximate surface area is 134 Å². The molecule has 0 atom stereocenters. The standard InChI is InChI=1S/C16H20N4O3/c1-12-4-3-5-13(10-12)15-17-14(23-18-15)11-19(2)16(21)20-6-8-22-9-7-20/h3-5,10H,6-9,11H2,1-2H3. The van der Waals surface area contributed by atoms with Crippen molar-refractivity contribution in [2.45, 2.75) is 13.5 Å². The zero-order valence-electron chi connectivity index (χ0n) is 13.4. The average Bonchev–Trinajstić information content (AvgIpc) is 3.03. The van der Waals surface area contributed by atoms with Crippen molar-refractivity contribution in [2.24, 2.45) is 0 Å². The molecule has 1 aromatic heterocycles. The summed E-state index contributed by atoms with van der Waals surface area (Å²) in [6.07, 6.45) is 0. The molecule has 0 radical (unpaired) electrons. The monoisotopic (exact) mass is 316 g/mol. The molecule has 2 amide bonds. The summed E-state index contributed by atoms with van der Waals surface area (Å²) in [5.41, 5.74) is 2.04. The molecule has 7 nitrogen and oxygen atoms in total. The molecule has 2 heterocycles. The van der Waals surface area contributed by atoms with Crippen molar-refractivity contribution in [1.29, 1.82) is 0 Å². The van der Waals surface area contributed by atoms with Crippen molar-refractivity contribution in [2.75, 3.05) is 33.4 Å². The van der Waals surface area contributed by atoms with Gasteiger partial charge in [-0.05, 0) is 13.0 Å². The summed E-state index contributed by atoms with van der Waals surface area (Å²) < 4.78 is 10.5. The normalized spacial score (nSPS) is 14.8. The summed E-state index contributed by atoms with van der Waals surface area (Å²) in [6, 6.07) is 7.85. The molecule has 0 spiro atoms.